The van der Waals surface area contributed by atoms with Crippen molar-refractivity contribution in [1.82, 2.24) is 4.90 Å². The van der Waals surface area contributed by atoms with E-state index in [-0.39, 0.29) is 37.5 Å². The number of fused-ring (bicyclic) bond motifs is 1. The molecule has 1 aromatic rings. The Bertz CT molecular complexity index is 1170. The number of nitrogens with zero attached hydrogens (tertiary/aromatic N) is 2. The minimum Gasteiger partial charge on any atom is -0.465 e. The third-order valence-electron chi connectivity index (χ3n) is 8.85. The molecule has 3 saturated heterocycles. The van der Waals surface area contributed by atoms with Crippen LogP contribution < -0.4 is 4.90 Å². The second-order valence-electron chi connectivity index (χ2n) is 11.7. The van der Waals surface area contributed by atoms with Crippen molar-refractivity contribution in [3.63, 3.8) is 0 Å². The number of halogens is 1. The molecule has 1 spiro atoms. The number of amides is 2. The Labute approximate surface area is 241 Å². The first-order valence-corrected chi connectivity index (χ1v) is 14.4. The molecule has 0 saturated carbocycles. The quantitative estimate of drug-likeness (QED) is 0.226. The van der Waals surface area contributed by atoms with Gasteiger partial charge in [-0.05, 0) is 57.1 Å². The van der Waals surface area contributed by atoms with Crippen LogP contribution >= 0.6 is 11.6 Å². The van der Waals surface area contributed by atoms with Gasteiger partial charge in [0.1, 0.15) is 17.6 Å². The zero-order valence-corrected chi connectivity index (χ0v) is 24.7. The van der Waals surface area contributed by atoms with Gasteiger partial charge in [-0.15, -0.1) is 13.2 Å². The maximum absolute atomic E-state index is 14.7. The Morgan fingerprint density at radius 1 is 1.30 bits per heavy atom. The minimum atomic E-state index is -1.25. The molecule has 3 fully saturated rings. The van der Waals surface area contributed by atoms with E-state index in [0.29, 0.717) is 36.4 Å². The lowest BCUT2D eigenvalue weighted by molar-refractivity contribution is -0.161. The van der Waals surface area contributed by atoms with E-state index in [9.17, 15) is 19.5 Å². The van der Waals surface area contributed by atoms with Crippen LogP contribution in [0.1, 0.15) is 52.0 Å². The van der Waals surface area contributed by atoms with E-state index in [1.807, 2.05) is 39.8 Å². The fourth-order valence-electron chi connectivity index (χ4n) is 7.00. The van der Waals surface area contributed by atoms with Crippen molar-refractivity contribution in [2.45, 2.75) is 76.7 Å². The van der Waals surface area contributed by atoms with E-state index in [1.54, 1.807) is 23.1 Å². The first-order chi connectivity index (χ1) is 19.0. The van der Waals surface area contributed by atoms with Crippen molar-refractivity contribution < 1.29 is 29.0 Å². The van der Waals surface area contributed by atoms with Crippen molar-refractivity contribution in [2.24, 2.45) is 17.8 Å². The highest BCUT2D eigenvalue weighted by molar-refractivity contribution is 6.34. The largest absolute Gasteiger partial charge is 0.465 e. The Balaban J connectivity index is 1.83. The van der Waals surface area contributed by atoms with Gasteiger partial charge in [0.25, 0.3) is 5.91 Å². The van der Waals surface area contributed by atoms with Gasteiger partial charge in [-0.1, -0.05) is 49.7 Å². The second-order valence-corrected chi connectivity index (χ2v) is 12.1. The number of aliphatic hydroxyl groups excluding tert-OH is 1. The first kappa shape index (κ1) is 30.3. The Morgan fingerprint density at radius 2 is 2.02 bits per heavy atom. The lowest BCUT2D eigenvalue weighted by atomic mass is 9.66. The summed E-state index contributed by atoms with van der Waals surface area (Å²) in [6.07, 6.45) is 5.63. The van der Waals surface area contributed by atoms with Crippen LogP contribution in [0.5, 0.6) is 0 Å². The molecule has 0 aliphatic carbocycles. The van der Waals surface area contributed by atoms with Gasteiger partial charge >= 0.3 is 5.97 Å². The molecule has 2 bridgehead atoms. The summed E-state index contributed by atoms with van der Waals surface area (Å²) in [5, 5.41) is 10.8. The smallest absolute Gasteiger partial charge is 0.312 e. The van der Waals surface area contributed by atoms with Crippen molar-refractivity contribution >= 4 is 35.1 Å². The minimum absolute atomic E-state index is 0.153. The predicted molar refractivity (Wildman–Crippen MR) is 154 cm³/mol. The average molecular weight is 573 g/mol. The van der Waals surface area contributed by atoms with Gasteiger partial charge in [0.05, 0.1) is 41.5 Å². The van der Waals surface area contributed by atoms with Crippen LogP contribution in [0.3, 0.4) is 0 Å². The lowest BCUT2D eigenvalue weighted by Gasteiger charge is -2.41. The number of para-hydroxylation sites is 1. The number of hydrogen-bond donors (Lipinski definition) is 1. The number of rotatable bonds is 12. The molecule has 3 aliphatic rings. The summed E-state index contributed by atoms with van der Waals surface area (Å²) in [4.78, 5) is 45.6. The number of ether oxygens (including phenoxy) is 2. The molecular formula is C31H41ClN2O6. The Hall–Kier alpha value is -2.68. The zero-order chi connectivity index (χ0) is 29.4. The SMILES string of the molecule is C=CCCCOC(=O)[C@@H]1[C@H]2C(=O)N([C@@H](CO)C(C)C)C(C(=O)N(CC=C)c3c(C)cccc3Cl)C23CC[C@@]1(C)O3. The van der Waals surface area contributed by atoms with Crippen LogP contribution in [0.4, 0.5) is 5.69 Å². The lowest BCUT2D eigenvalue weighted by Crippen LogP contribution is -2.60. The van der Waals surface area contributed by atoms with Crippen LogP contribution in [0, 0.1) is 24.7 Å². The molecule has 40 heavy (non-hydrogen) atoms. The molecule has 2 amide bonds. The number of benzene rings is 1. The van der Waals surface area contributed by atoms with Gasteiger partial charge in [0.15, 0.2) is 0 Å². The van der Waals surface area contributed by atoms with E-state index in [1.165, 1.54) is 4.90 Å². The van der Waals surface area contributed by atoms with Crippen LogP contribution in [0.25, 0.3) is 0 Å². The van der Waals surface area contributed by atoms with Crippen LogP contribution in [-0.4, -0.2) is 70.8 Å². The number of unbranched alkanes of at least 4 members (excludes halogenated alkanes) is 1. The van der Waals surface area contributed by atoms with Gasteiger partial charge in [0, 0.05) is 6.54 Å². The number of carbonyl (C=O) groups excluding carboxylic acids is 3. The molecule has 9 heteroatoms. The second kappa shape index (κ2) is 11.7. The van der Waals surface area contributed by atoms with Gasteiger partial charge < -0.3 is 24.4 Å². The summed E-state index contributed by atoms with van der Waals surface area (Å²) in [5.74, 6) is -3.16. The van der Waals surface area contributed by atoms with E-state index >= 15 is 0 Å². The number of esters is 1. The van der Waals surface area contributed by atoms with Crippen LogP contribution in [0.2, 0.25) is 5.02 Å². The topological polar surface area (TPSA) is 96.4 Å². The summed E-state index contributed by atoms with van der Waals surface area (Å²) in [6, 6.07) is 3.67. The number of aliphatic hydroxyl groups is 1. The summed E-state index contributed by atoms with van der Waals surface area (Å²) in [6.45, 7) is 15.1. The molecule has 0 radical (unpaired) electrons. The van der Waals surface area contributed by atoms with E-state index < -0.39 is 41.1 Å². The molecule has 1 aromatic carbocycles. The molecular weight excluding hydrogens is 532 g/mol. The number of likely N-dealkylation sites (tertiary alicyclic amines) is 1. The van der Waals surface area contributed by atoms with Gasteiger partial charge in [-0.25, -0.2) is 0 Å². The molecule has 3 aliphatic heterocycles. The molecule has 6 atom stereocenters. The van der Waals surface area contributed by atoms with E-state index in [0.717, 1.165) is 5.56 Å². The molecule has 8 nitrogen and oxygen atoms in total. The summed E-state index contributed by atoms with van der Waals surface area (Å²) in [5.41, 5.74) is -0.871. The maximum Gasteiger partial charge on any atom is 0.312 e. The molecule has 0 aromatic heterocycles. The highest BCUT2D eigenvalue weighted by Gasteiger charge is 2.79. The average Bonchev–Trinajstić information content (AvgIpc) is 3.47. The van der Waals surface area contributed by atoms with Crippen molar-refractivity contribution in [1.29, 1.82) is 0 Å². The number of anilines is 1. The molecule has 1 N–H and O–H groups in total. The summed E-state index contributed by atoms with van der Waals surface area (Å²) >= 11 is 6.61. The summed E-state index contributed by atoms with van der Waals surface area (Å²) < 4.78 is 12.3. The normalized spacial score (nSPS) is 29.4. The number of allylic oxidation sites excluding steroid dienone is 1. The first-order valence-electron chi connectivity index (χ1n) is 14.1. The van der Waals surface area contributed by atoms with E-state index in [2.05, 4.69) is 13.2 Å². The highest BCUT2D eigenvalue weighted by Crippen LogP contribution is 2.64. The number of hydrogen-bond acceptors (Lipinski definition) is 6. The number of carbonyl (C=O) groups is 3. The predicted octanol–water partition coefficient (Wildman–Crippen LogP) is 4.46. The maximum atomic E-state index is 14.7. The van der Waals surface area contributed by atoms with E-state index in [4.69, 9.17) is 21.1 Å². The number of aryl methyl sites for hydroxylation is 1. The summed E-state index contributed by atoms with van der Waals surface area (Å²) in [7, 11) is 0. The molecule has 3 heterocycles. The monoisotopic (exact) mass is 572 g/mol. The highest BCUT2D eigenvalue weighted by atomic mass is 35.5. The van der Waals surface area contributed by atoms with Gasteiger partial charge in [0.2, 0.25) is 5.91 Å². The fraction of sp³-hybridized carbons (Fsp3) is 0.581. The van der Waals surface area contributed by atoms with Gasteiger partial charge in [-0.3, -0.25) is 14.4 Å². The standard InChI is InChI=1S/C31H41ClN2O6/c1-7-9-10-17-39-29(38)24-23-27(36)34(22(18-35)19(3)4)26(31(23)15-14-30(24,6)40-31)28(37)33(16-8-2)25-20(5)12-11-13-21(25)32/h7-8,11-13,19,22-24,26,35H,1-2,9-10,14-18H2,3-6H3/t22-,23-,24-,26?,30+,31?/m0/s1. The van der Waals surface area contributed by atoms with Crippen molar-refractivity contribution in [3.05, 3.63) is 54.1 Å². The third kappa shape index (κ3) is 4.78. The van der Waals surface area contributed by atoms with Crippen molar-refractivity contribution in [2.75, 3.05) is 24.7 Å². The van der Waals surface area contributed by atoms with Gasteiger partial charge in [-0.2, -0.15) is 0 Å². The Morgan fingerprint density at radius 3 is 2.62 bits per heavy atom. The van der Waals surface area contributed by atoms with Crippen LogP contribution in [0.15, 0.2) is 43.5 Å². The van der Waals surface area contributed by atoms with Crippen LogP contribution in [-0.2, 0) is 23.9 Å². The molecule has 2 unspecified atom stereocenters. The Kier molecular flexibility index (Phi) is 8.83. The van der Waals surface area contributed by atoms with Crippen molar-refractivity contribution in [3.8, 4) is 0 Å². The molecule has 4 rings (SSSR count). The molecule has 218 valence electrons. The zero-order valence-electron chi connectivity index (χ0n) is 23.9. The third-order valence-corrected chi connectivity index (χ3v) is 9.15. The fourth-order valence-corrected chi connectivity index (χ4v) is 7.33.